The maximum Gasteiger partial charge on any atom is 0.137 e. The fraction of sp³-hybridized carbons (Fsp3) is 0.583. The van der Waals surface area contributed by atoms with E-state index in [-0.39, 0.29) is 0 Å². The first-order chi connectivity index (χ1) is 6.88. The lowest BCUT2D eigenvalue weighted by Gasteiger charge is -2.25. The molecule has 2 nitrogen and oxygen atoms in total. The molecule has 0 unspecified atom stereocenters. The zero-order valence-electron chi connectivity index (χ0n) is 8.70. The van der Waals surface area contributed by atoms with Gasteiger partial charge in [-0.05, 0) is 36.8 Å². The molecule has 0 amide bonds. The topological polar surface area (TPSA) is 22.1 Å². The van der Waals surface area contributed by atoms with Gasteiger partial charge in [0.2, 0.25) is 0 Å². The summed E-state index contributed by atoms with van der Waals surface area (Å²) in [6, 6.07) is 2.09. The Morgan fingerprint density at radius 1 is 1.43 bits per heavy atom. The highest BCUT2D eigenvalue weighted by molar-refractivity contribution is 5.23. The van der Waals surface area contributed by atoms with Gasteiger partial charge in [0.1, 0.15) is 5.75 Å². The Morgan fingerprint density at radius 2 is 2.29 bits per heavy atom. The number of pyridine rings is 1. The monoisotopic (exact) mass is 191 g/mol. The predicted octanol–water partition coefficient (Wildman–Crippen LogP) is 2.82. The third-order valence-corrected chi connectivity index (χ3v) is 2.89. The summed E-state index contributed by atoms with van der Waals surface area (Å²) in [5.74, 6) is 1.72. The van der Waals surface area contributed by atoms with Crippen molar-refractivity contribution in [2.45, 2.75) is 32.6 Å². The highest BCUT2D eigenvalue weighted by Gasteiger charge is 2.17. The van der Waals surface area contributed by atoms with Gasteiger partial charge in [0, 0.05) is 6.20 Å². The van der Waals surface area contributed by atoms with Crippen LogP contribution in [0.15, 0.2) is 18.5 Å². The van der Waals surface area contributed by atoms with Gasteiger partial charge in [-0.1, -0.05) is 13.3 Å². The SMILES string of the molecule is CCc1cncc(OCC2CCC2)c1. The summed E-state index contributed by atoms with van der Waals surface area (Å²) in [6.07, 6.45) is 8.77. The van der Waals surface area contributed by atoms with Crippen LogP contribution in [0.5, 0.6) is 5.75 Å². The number of aromatic nitrogens is 1. The molecule has 1 aromatic heterocycles. The second kappa shape index (κ2) is 4.45. The molecule has 0 spiro atoms. The van der Waals surface area contributed by atoms with Gasteiger partial charge >= 0.3 is 0 Å². The van der Waals surface area contributed by atoms with Crippen LogP contribution >= 0.6 is 0 Å². The van der Waals surface area contributed by atoms with Gasteiger partial charge in [-0.3, -0.25) is 4.98 Å². The van der Waals surface area contributed by atoms with E-state index in [0.29, 0.717) is 0 Å². The molecule has 0 atom stereocenters. The lowest BCUT2D eigenvalue weighted by molar-refractivity contribution is 0.180. The van der Waals surface area contributed by atoms with E-state index in [1.165, 1.54) is 24.8 Å². The molecule has 0 N–H and O–H groups in total. The van der Waals surface area contributed by atoms with E-state index in [1.54, 1.807) is 6.20 Å². The summed E-state index contributed by atoms with van der Waals surface area (Å²) in [7, 11) is 0. The second-order valence-corrected chi connectivity index (χ2v) is 3.99. The zero-order valence-corrected chi connectivity index (χ0v) is 8.70. The Bertz CT molecular complexity index is 294. The lowest BCUT2D eigenvalue weighted by atomic mass is 9.86. The van der Waals surface area contributed by atoms with E-state index in [9.17, 15) is 0 Å². The zero-order chi connectivity index (χ0) is 9.80. The Balaban J connectivity index is 1.87. The van der Waals surface area contributed by atoms with Crippen molar-refractivity contribution < 1.29 is 4.74 Å². The van der Waals surface area contributed by atoms with Crippen LogP contribution in [-0.4, -0.2) is 11.6 Å². The first kappa shape index (κ1) is 9.50. The van der Waals surface area contributed by atoms with Crippen LogP contribution in [0.1, 0.15) is 31.7 Å². The highest BCUT2D eigenvalue weighted by atomic mass is 16.5. The van der Waals surface area contributed by atoms with Crippen molar-refractivity contribution in [3.05, 3.63) is 24.0 Å². The van der Waals surface area contributed by atoms with Crippen LogP contribution < -0.4 is 4.74 Å². The fourth-order valence-corrected chi connectivity index (χ4v) is 1.61. The Kier molecular flexibility index (Phi) is 3.02. The molecular weight excluding hydrogens is 174 g/mol. The third-order valence-electron chi connectivity index (χ3n) is 2.89. The molecule has 1 aliphatic carbocycles. The summed E-state index contributed by atoms with van der Waals surface area (Å²) < 4.78 is 5.69. The summed E-state index contributed by atoms with van der Waals surface area (Å²) >= 11 is 0. The second-order valence-electron chi connectivity index (χ2n) is 3.99. The molecule has 14 heavy (non-hydrogen) atoms. The average molecular weight is 191 g/mol. The molecule has 2 rings (SSSR count). The predicted molar refractivity (Wildman–Crippen MR) is 56.5 cm³/mol. The fourth-order valence-electron chi connectivity index (χ4n) is 1.61. The van der Waals surface area contributed by atoms with Gasteiger partial charge in [0.25, 0.3) is 0 Å². The molecule has 1 heterocycles. The normalized spacial score (nSPS) is 16.4. The van der Waals surface area contributed by atoms with Gasteiger partial charge in [-0.2, -0.15) is 0 Å². The van der Waals surface area contributed by atoms with Gasteiger partial charge in [-0.15, -0.1) is 0 Å². The summed E-state index contributed by atoms with van der Waals surface area (Å²) in [4.78, 5) is 4.15. The molecule has 1 saturated carbocycles. The van der Waals surface area contributed by atoms with E-state index >= 15 is 0 Å². The molecule has 0 radical (unpaired) electrons. The average Bonchev–Trinajstić information content (AvgIpc) is 2.16. The first-order valence-corrected chi connectivity index (χ1v) is 5.45. The maximum atomic E-state index is 5.69. The van der Waals surface area contributed by atoms with E-state index in [1.807, 2.05) is 6.20 Å². The van der Waals surface area contributed by atoms with Crippen LogP contribution in [0, 0.1) is 5.92 Å². The van der Waals surface area contributed by atoms with Crippen molar-refractivity contribution in [2.75, 3.05) is 6.61 Å². The molecule has 2 heteroatoms. The standard InChI is InChI=1S/C12H17NO/c1-2-10-6-12(8-13-7-10)14-9-11-4-3-5-11/h6-8,11H,2-5,9H2,1H3. The smallest absolute Gasteiger partial charge is 0.137 e. The molecule has 1 aliphatic rings. The summed E-state index contributed by atoms with van der Waals surface area (Å²) in [6.45, 7) is 3.00. The summed E-state index contributed by atoms with van der Waals surface area (Å²) in [5.41, 5.74) is 1.25. The maximum absolute atomic E-state index is 5.69. The molecule has 0 aliphatic heterocycles. The van der Waals surface area contributed by atoms with Crippen LogP contribution in [-0.2, 0) is 6.42 Å². The minimum atomic E-state index is 0.792. The minimum absolute atomic E-state index is 0.792. The molecule has 1 fully saturated rings. The Morgan fingerprint density at radius 3 is 2.93 bits per heavy atom. The molecule has 1 aromatic rings. The van der Waals surface area contributed by atoms with E-state index in [4.69, 9.17) is 4.74 Å². The Hall–Kier alpha value is -1.05. The number of hydrogen-bond acceptors (Lipinski definition) is 2. The number of nitrogens with zero attached hydrogens (tertiary/aromatic N) is 1. The first-order valence-electron chi connectivity index (χ1n) is 5.45. The third kappa shape index (κ3) is 2.25. The molecule has 76 valence electrons. The largest absolute Gasteiger partial charge is 0.492 e. The molecule has 0 aromatic carbocycles. The minimum Gasteiger partial charge on any atom is -0.492 e. The van der Waals surface area contributed by atoms with Gasteiger partial charge in [0.05, 0.1) is 12.8 Å². The van der Waals surface area contributed by atoms with Gasteiger partial charge in [-0.25, -0.2) is 0 Å². The van der Waals surface area contributed by atoms with Crippen LogP contribution in [0.2, 0.25) is 0 Å². The van der Waals surface area contributed by atoms with E-state index in [2.05, 4.69) is 18.0 Å². The number of aryl methyl sites for hydroxylation is 1. The molecular formula is C12H17NO. The van der Waals surface area contributed by atoms with Crippen molar-refractivity contribution in [2.24, 2.45) is 5.92 Å². The molecule has 0 bridgehead atoms. The summed E-state index contributed by atoms with van der Waals surface area (Å²) in [5, 5.41) is 0. The van der Waals surface area contributed by atoms with Crippen LogP contribution in [0.3, 0.4) is 0 Å². The van der Waals surface area contributed by atoms with Crippen molar-refractivity contribution in [1.29, 1.82) is 0 Å². The number of rotatable bonds is 4. The van der Waals surface area contributed by atoms with Gasteiger partial charge < -0.3 is 4.74 Å². The lowest BCUT2D eigenvalue weighted by Crippen LogP contribution is -2.19. The van der Waals surface area contributed by atoms with Crippen LogP contribution in [0.25, 0.3) is 0 Å². The number of hydrogen-bond donors (Lipinski definition) is 0. The Labute approximate surface area is 85.3 Å². The molecule has 0 saturated heterocycles. The highest BCUT2D eigenvalue weighted by Crippen LogP contribution is 2.27. The van der Waals surface area contributed by atoms with E-state index < -0.39 is 0 Å². The van der Waals surface area contributed by atoms with Crippen molar-refractivity contribution >= 4 is 0 Å². The van der Waals surface area contributed by atoms with Crippen LogP contribution in [0.4, 0.5) is 0 Å². The van der Waals surface area contributed by atoms with Crippen molar-refractivity contribution in [3.8, 4) is 5.75 Å². The number of ether oxygens (including phenoxy) is 1. The van der Waals surface area contributed by atoms with E-state index in [0.717, 1.165) is 24.7 Å². The van der Waals surface area contributed by atoms with Crippen molar-refractivity contribution in [1.82, 2.24) is 4.98 Å². The quantitative estimate of drug-likeness (QED) is 0.730. The van der Waals surface area contributed by atoms with Crippen molar-refractivity contribution in [3.63, 3.8) is 0 Å². The van der Waals surface area contributed by atoms with Gasteiger partial charge in [0.15, 0.2) is 0 Å².